The molecule has 0 saturated carbocycles. The van der Waals surface area contributed by atoms with Gasteiger partial charge in [0.25, 0.3) is 21.0 Å². The van der Waals surface area contributed by atoms with Crippen LogP contribution in [0.3, 0.4) is 0 Å². The van der Waals surface area contributed by atoms with E-state index in [-0.39, 0.29) is 30.1 Å². The van der Waals surface area contributed by atoms with E-state index < -0.39 is 26.7 Å². The van der Waals surface area contributed by atoms with Crippen LogP contribution in [0.2, 0.25) is 0 Å². The summed E-state index contributed by atoms with van der Waals surface area (Å²) < 4.78 is 49.9. The lowest BCUT2D eigenvalue weighted by molar-refractivity contribution is -0.0314. The summed E-state index contributed by atoms with van der Waals surface area (Å²) >= 11 is 0. The summed E-state index contributed by atoms with van der Waals surface area (Å²) in [7, 11) is 1.14. The van der Waals surface area contributed by atoms with Gasteiger partial charge in [0.2, 0.25) is 0 Å². The first-order chi connectivity index (χ1) is 13.6. The first-order valence-corrected chi connectivity index (χ1v) is 10.6. The summed E-state index contributed by atoms with van der Waals surface area (Å²) in [6.45, 7) is 2.52. The molecule has 2 radical (unpaired) electrons. The van der Waals surface area contributed by atoms with Gasteiger partial charge in [-0.2, -0.15) is 0 Å². The van der Waals surface area contributed by atoms with E-state index in [1.54, 1.807) is 12.1 Å². The van der Waals surface area contributed by atoms with Crippen LogP contribution in [0.5, 0.6) is 0 Å². The third kappa shape index (κ3) is 3.89. The molecule has 2 aromatic carbocycles. The smallest absolute Gasteiger partial charge is 0.300 e. The minimum Gasteiger partial charge on any atom is -0.454 e. The quantitative estimate of drug-likeness (QED) is 0.728. The molecule has 6 nitrogen and oxygen atoms in total. The van der Waals surface area contributed by atoms with Crippen LogP contribution in [-0.2, 0) is 19.8 Å². The molecule has 3 rings (SSSR count). The van der Waals surface area contributed by atoms with Crippen molar-refractivity contribution >= 4 is 29.4 Å². The van der Waals surface area contributed by atoms with Crippen LogP contribution in [0.15, 0.2) is 59.6 Å². The van der Waals surface area contributed by atoms with Crippen molar-refractivity contribution in [1.82, 2.24) is 4.72 Å². The molecule has 2 aromatic rings. The van der Waals surface area contributed by atoms with Crippen molar-refractivity contribution in [3.8, 4) is 0 Å². The molecule has 0 bridgehead atoms. The SMILES string of the molecule is [B]c1cccc(C2(F)C(C)(C)OC(=N[C@@H](CCO)c3ccccc3)NS2(=O)=O)c1. The fraction of sp³-hybridized carbons (Fsp3) is 0.350. The van der Waals surface area contributed by atoms with Crippen LogP contribution < -0.4 is 10.2 Å². The zero-order chi connectivity index (χ0) is 21.3. The molecule has 2 atom stereocenters. The van der Waals surface area contributed by atoms with Crippen molar-refractivity contribution in [2.75, 3.05) is 6.61 Å². The summed E-state index contributed by atoms with van der Waals surface area (Å²) in [6.07, 6.45) is 0.245. The number of ether oxygens (including phenoxy) is 1. The average Bonchev–Trinajstić information content (AvgIpc) is 2.66. The van der Waals surface area contributed by atoms with Gasteiger partial charge in [0.15, 0.2) is 5.60 Å². The van der Waals surface area contributed by atoms with E-state index in [1.807, 2.05) is 18.2 Å². The van der Waals surface area contributed by atoms with Gasteiger partial charge < -0.3 is 9.84 Å². The number of aliphatic imine (C=N–C) groups is 1. The highest BCUT2D eigenvalue weighted by Gasteiger charge is 2.63. The molecule has 1 unspecified atom stereocenters. The molecular weight excluding hydrogens is 394 g/mol. The van der Waals surface area contributed by atoms with Crippen LogP contribution in [0, 0.1) is 0 Å². The van der Waals surface area contributed by atoms with Gasteiger partial charge in [-0.1, -0.05) is 60.1 Å². The highest BCUT2D eigenvalue weighted by molar-refractivity contribution is 7.91. The summed E-state index contributed by atoms with van der Waals surface area (Å²) in [5.74, 6) is 0. The molecule has 1 heterocycles. The summed E-state index contributed by atoms with van der Waals surface area (Å²) in [5.41, 5.74) is -0.937. The van der Waals surface area contributed by atoms with Gasteiger partial charge >= 0.3 is 0 Å². The Morgan fingerprint density at radius 1 is 1.21 bits per heavy atom. The highest BCUT2D eigenvalue weighted by Crippen LogP contribution is 2.46. The second kappa shape index (κ2) is 7.80. The van der Waals surface area contributed by atoms with E-state index in [1.165, 1.54) is 38.1 Å². The lowest BCUT2D eigenvalue weighted by Crippen LogP contribution is -2.63. The highest BCUT2D eigenvalue weighted by atomic mass is 32.2. The Balaban J connectivity index is 2.03. The number of sulfonamides is 1. The van der Waals surface area contributed by atoms with Crippen molar-refractivity contribution in [3.63, 3.8) is 0 Å². The fourth-order valence-corrected chi connectivity index (χ4v) is 4.97. The number of nitrogens with zero attached hydrogens (tertiary/aromatic N) is 1. The third-order valence-electron chi connectivity index (χ3n) is 4.84. The Hall–Kier alpha value is -2.39. The van der Waals surface area contributed by atoms with E-state index in [2.05, 4.69) is 9.71 Å². The number of aliphatic hydroxyl groups is 1. The van der Waals surface area contributed by atoms with E-state index in [4.69, 9.17) is 12.6 Å². The molecule has 1 saturated heterocycles. The summed E-state index contributed by atoms with van der Waals surface area (Å²) in [6, 6.07) is 13.8. The Bertz CT molecular complexity index is 1010. The third-order valence-corrected chi connectivity index (χ3v) is 6.75. The molecule has 29 heavy (non-hydrogen) atoms. The topological polar surface area (TPSA) is 88.0 Å². The van der Waals surface area contributed by atoms with Gasteiger partial charge in [-0.25, -0.2) is 22.5 Å². The Kier molecular flexibility index (Phi) is 5.73. The van der Waals surface area contributed by atoms with Gasteiger partial charge in [0, 0.05) is 12.2 Å². The molecule has 0 amide bonds. The molecule has 0 aliphatic carbocycles. The standard InChI is InChI=1S/C20H22BFN2O4S/c1-19(2)20(22,15-9-6-10-16(21)13-15)29(26,27)24-18(28-19)23-17(11-12-25)14-7-4-3-5-8-14/h3-10,13,17,25H,11-12H2,1-2H3,(H,23,24)/t17-,20?/m0/s1. The maximum absolute atomic E-state index is 16.1. The predicted octanol–water partition coefficient (Wildman–Crippen LogP) is 1.81. The number of alkyl halides is 1. The Labute approximate surface area is 171 Å². The van der Waals surface area contributed by atoms with Crippen LogP contribution in [0.4, 0.5) is 4.39 Å². The van der Waals surface area contributed by atoms with E-state index >= 15 is 4.39 Å². The normalized spacial score (nSPS) is 25.0. The first kappa shape index (κ1) is 21.3. The lowest BCUT2D eigenvalue weighted by atomic mass is 9.89. The number of halogens is 1. The number of hydrogen-bond acceptors (Lipinski definition) is 5. The molecule has 1 aliphatic rings. The Morgan fingerprint density at radius 3 is 2.48 bits per heavy atom. The van der Waals surface area contributed by atoms with Crippen molar-refractivity contribution < 1.29 is 22.7 Å². The molecule has 2 N–H and O–H groups in total. The number of rotatable bonds is 5. The average molecular weight is 416 g/mol. The summed E-state index contributed by atoms with van der Waals surface area (Å²) in [4.78, 5) is 4.32. The van der Waals surface area contributed by atoms with Gasteiger partial charge in [-0.05, 0) is 25.8 Å². The number of aliphatic hydroxyl groups excluding tert-OH is 1. The minimum atomic E-state index is -4.58. The zero-order valence-electron chi connectivity index (χ0n) is 16.2. The second-order valence-electron chi connectivity index (χ2n) is 7.31. The molecule has 1 aliphatic heterocycles. The minimum absolute atomic E-state index is 0.135. The number of nitrogens with one attached hydrogen (secondary N) is 1. The van der Waals surface area contributed by atoms with Crippen LogP contribution in [-0.4, -0.2) is 39.6 Å². The Morgan fingerprint density at radius 2 is 1.90 bits per heavy atom. The number of hydrogen-bond donors (Lipinski definition) is 2. The molecule has 152 valence electrons. The number of benzene rings is 2. The fourth-order valence-electron chi connectivity index (χ4n) is 3.38. The lowest BCUT2D eigenvalue weighted by Gasteiger charge is -2.43. The van der Waals surface area contributed by atoms with Crippen molar-refractivity contribution in [2.24, 2.45) is 4.99 Å². The molecular formula is C20H22BFN2O4S. The van der Waals surface area contributed by atoms with Crippen molar-refractivity contribution in [2.45, 2.75) is 36.9 Å². The van der Waals surface area contributed by atoms with E-state index in [0.29, 0.717) is 0 Å². The molecule has 0 spiro atoms. The maximum atomic E-state index is 16.1. The van der Waals surface area contributed by atoms with Crippen LogP contribution >= 0.6 is 0 Å². The number of amidine groups is 1. The summed E-state index contributed by atoms with van der Waals surface area (Å²) in [5, 5.41) is 6.47. The van der Waals surface area contributed by atoms with Gasteiger partial charge in [-0.15, -0.1) is 0 Å². The second-order valence-corrected chi connectivity index (χ2v) is 9.09. The van der Waals surface area contributed by atoms with Crippen molar-refractivity contribution in [1.29, 1.82) is 0 Å². The molecule has 9 heteroatoms. The van der Waals surface area contributed by atoms with E-state index in [9.17, 15) is 13.5 Å². The van der Waals surface area contributed by atoms with E-state index in [0.717, 1.165) is 5.56 Å². The van der Waals surface area contributed by atoms with Gasteiger partial charge in [-0.3, -0.25) is 0 Å². The van der Waals surface area contributed by atoms with Gasteiger partial charge in [0.1, 0.15) is 7.85 Å². The molecule has 0 aromatic heterocycles. The van der Waals surface area contributed by atoms with Crippen molar-refractivity contribution in [3.05, 3.63) is 65.7 Å². The molecule has 1 fully saturated rings. The van der Waals surface area contributed by atoms with Crippen LogP contribution in [0.25, 0.3) is 0 Å². The van der Waals surface area contributed by atoms with Crippen LogP contribution in [0.1, 0.15) is 37.4 Å². The van der Waals surface area contributed by atoms with Gasteiger partial charge in [0.05, 0.1) is 6.04 Å². The first-order valence-electron chi connectivity index (χ1n) is 9.10. The largest absolute Gasteiger partial charge is 0.454 e. The predicted molar refractivity (Wildman–Crippen MR) is 110 cm³/mol. The monoisotopic (exact) mass is 416 g/mol. The zero-order valence-corrected chi connectivity index (χ0v) is 17.0. The maximum Gasteiger partial charge on any atom is 0.300 e.